The molecule has 0 aliphatic carbocycles. The van der Waals surface area contributed by atoms with Gasteiger partial charge in [0.1, 0.15) is 0 Å². The maximum Gasteiger partial charge on any atom is 0.0884 e. The lowest BCUT2D eigenvalue weighted by Gasteiger charge is -2.27. The number of pyridine rings is 1. The molecule has 1 aliphatic heterocycles. The molecule has 1 aromatic rings. The Balaban J connectivity index is 1.83. The molecular weight excluding hydrogens is 214 g/mol. The third-order valence-corrected chi connectivity index (χ3v) is 3.10. The Morgan fingerprint density at radius 1 is 1.41 bits per heavy atom. The van der Waals surface area contributed by atoms with E-state index >= 15 is 0 Å². The van der Waals surface area contributed by atoms with Crippen molar-refractivity contribution in [3.63, 3.8) is 0 Å². The summed E-state index contributed by atoms with van der Waals surface area (Å²) in [6.07, 6.45) is 2.97. The van der Waals surface area contributed by atoms with Crippen LogP contribution >= 0.6 is 0 Å². The van der Waals surface area contributed by atoms with Gasteiger partial charge in [0.05, 0.1) is 12.3 Å². The van der Waals surface area contributed by atoms with Gasteiger partial charge in [-0.1, -0.05) is 0 Å². The predicted molar refractivity (Wildman–Crippen MR) is 68.0 cm³/mol. The summed E-state index contributed by atoms with van der Waals surface area (Å²) in [5, 5.41) is 3.37. The van der Waals surface area contributed by atoms with E-state index in [1.54, 1.807) is 7.11 Å². The standard InChI is InChI=1S/C13H21N3O/c1-17-11-13-10-12(2-4-15-13)3-7-16-8-5-14-6-9-16/h2,4,10,14H,3,5-9,11H2,1H3. The van der Waals surface area contributed by atoms with Crippen molar-refractivity contribution in [1.82, 2.24) is 15.2 Å². The second kappa shape index (κ2) is 6.69. The zero-order valence-electron chi connectivity index (χ0n) is 10.5. The van der Waals surface area contributed by atoms with Crippen LogP contribution in [0.2, 0.25) is 0 Å². The number of nitrogens with one attached hydrogen (secondary N) is 1. The first-order valence-corrected chi connectivity index (χ1v) is 6.24. The molecule has 0 aromatic carbocycles. The molecule has 0 saturated carbocycles. The molecule has 17 heavy (non-hydrogen) atoms. The van der Waals surface area contributed by atoms with E-state index in [9.17, 15) is 0 Å². The summed E-state index contributed by atoms with van der Waals surface area (Å²) in [7, 11) is 1.70. The van der Waals surface area contributed by atoms with Gasteiger partial charge in [-0.15, -0.1) is 0 Å². The Hall–Kier alpha value is -0.970. The number of ether oxygens (including phenoxy) is 1. The van der Waals surface area contributed by atoms with Crippen molar-refractivity contribution in [1.29, 1.82) is 0 Å². The molecule has 4 heteroatoms. The molecule has 1 N–H and O–H groups in total. The fourth-order valence-electron chi connectivity index (χ4n) is 2.13. The van der Waals surface area contributed by atoms with Gasteiger partial charge in [0.15, 0.2) is 0 Å². The van der Waals surface area contributed by atoms with Crippen molar-refractivity contribution in [2.45, 2.75) is 13.0 Å². The van der Waals surface area contributed by atoms with Gasteiger partial charge in [-0.05, 0) is 24.1 Å². The van der Waals surface area contributed by atoms with Crippen molar-refractivity contribution in [3.05, 3.63) is 29.6 Å². The van der Waals surface area contributed by atoms with Gasteiger partial charge in [0.2, 0.25) is 0 Å². The van der Waals surface area contributed by atoms with E-state index in [1.807, 2.05) is 6.20 Å². The normalized spacial score (nSPS) is 17.2. The van der Waals surface area contributed by atoms with Crippen LogP contribution in [0.15, 0.2) is 18.3 Å². The SMILES string of the molecule is COCc1cc(CCN2CCNCC2)ccn1. The minimum atomic E-state index is 0.599. The highest BCUT2D eigenvalue weighted by molar-refractivity contribution is 5.16. The quantitative estimate of drug-likeness (QED) is 0.814. The van der Waals surface area contributed by atoms with Gasteiger partial charge in [-0.25, -0.2) is 0 Å². The number of rotatable bonds is 5. The predicted octanol–water partition coefficient (Wildman–Crippen LogP) is 0.676. The highest BCUT2D eigenvalue weighted by Gasteiger charge is 2.09. The first kappa shape index (κ1) is 12.5. The smallest absolute Gasteiger partial charge is 0.0884 e. The summed E-state index contributed by atoms with van der Waals surface area (Å²) >= 11 is 0. The second-order valence-corrected chi connectivity index (χ2v) is 4.43. The lowest BCUT2D eigenvalue weighted by atomic mass is 10.1. The molecule has 1 aliphatic rings. The fourth-order valence-corrected chi connectivity index (χ4v) is 2.13. The zero-order chi connectivity index (χ0) is 11.9. The maximum atomic E-state index is 5.10. The van der Waals surface area contributed by atoms with Crippen LogP contribution in [-0.2, 0) is 17.8 Å². The largest absolute Gasteiger partial charge is 0.378 e. The maximum absolute atomic E-state index is 5.10. The van der Waals surface area contributed by atoms with E-state index in [4.69, 9.17) is 4.74 Å². The Bertz CT molecular complexity index is 337. The summed E-state index contributed by atoms with van der Waals surface area (Å²) < 4.78 is 5.10. The number of aromatic nitrogens is 1. The molecule has 94 valence electrons. The topological polar surface area (TPSA) is 37.4 Å². The second-order valence-electron chi connectivity index (χ2n) is 4.43. The van der Waals surface area contributed by atoms with Crippen molar-refractivity contribution in [2.24, 2.45) is 0 Å². The molecule has 1 fully saturated rings. The van der Waals surface area contributed by atoms with Crippen molar-refractivity contribution in [3.8, 4) is 0 Å². The van der Waals surface area contributed by atoms with Gasteiger partial charge in [-0.2, -0.15) is 0 Å². The van der Waals surface area contributed by atoms with Crippen LogP contribution in [0.1, 0.15) is 11.3 Å². The molecule has 2 rings (SSSR count). The fraction of sp³-hybridized carbons (Fsp3) is 0.615. The first-order chi connectivity index (χ1) is 8.38. The van der Waals surface area contributed by atoms with Crippen molar-refractivity contribution < 1.29 is 4.74 Å². The van der Waals surface area contributed by atoms with Crippen LogP contribution in [0, 0.1) is 0 Å². The molecule has 0 radical (unpaired) electrons. The first-order valence-electron chi connectivity index (χ1n) is 6.24. The van der Waals surface area contributed by atoms with Crippen LogP contribution in [-0.4, -0.2) is 49.7 Å². The molecule has 1 saturated heterocycles. The summed E-state index contributed by atoms with van der Waals surface area (Å²) in [6, 6.07) is 4.24. The summed E-state index contributed by atoms with van der Waals surface area (Å²) in [5.41, 5.74) is 2.37. The van der Waals surface area contributed by atoms with Gasteiger partial charge >= 0.3 is 0 Å². The van der Waals surface area contributed by atoms with Crippen molar-refractivity contribution >= 4 is 0 Å². The summed E-state index contributed by atoms with van der Waals surface area (Å²) in [4.78, 5) is 6.78. The molecule has 0 atom stereocenters. The van der Waals surface area contributed by atoms with Gasteiger partial charge in [0.25, 0.3) is 0 Å². The minimum Gasteiger partial charge on any atom is -0.378 e. The molecule has 1 aromatic heterocycles. The van der Waals surface area contributed by atoms with Gasteiger partial charge < -0.3 is 15.0 Å². The van der Waals surface area contributed by atoms with Crippen LogP contribution < -0.4 is 5.32 Å². The third-order valence-electron chi connectivity index (χ3n) is 3.10. The number of nitrogens with zero attached hydrogens (tertiary/aromatic N) is 2. The Morgan fingerprint density at radius 3 is 3.00 bits per heavy atom. The monoisotopic (exact) mass is 235 g/mol. The van der Waals surface area contributed by atoms with Crippen LogP contribution in [0.3, 0.4) is 0 Å². The molecule has 0 bridgehead atoms. The average Bonchev–Trinajstić information content (AvgIpc) is 2.39. The highest BCUT2D eigenvalue weighted by atomic mass is 16.5. The van der Waals surface area contributed by atoms with Crippen LogP contribution in [0.5, 0.6) is 0 Å². The van der Waals surface area contributed by atoms with Crippen LogP contribution in [0.25, 0.3) is 0 Å². The Kier molecular flexibility index (Phi) is 4.91. The molecule has 0 spiro atoms. The molecule has 4 nitrogen and oxygen atoms in total. The van der Waals surface area contributed by atoms with Crippen molar-refractivity contribution in [2.75, 3.05) is 39.8 Å². The summed E-state index contributed by atoms with van der Waals surface area (Å²) in [5.74, 6) is 0. The van der Waals surface area contributed by atoms with Gasteiger partial charge in [0, 0.05) is 46.0 Å². The zero-order valence-corrected chi connectivity index (χ0v) is 10.5. The molecular formula is C13H21N3O. The Labute approximate surface area is 103 Å². The Morgan fingerprint density at radius 2 is 2.24 bits per heavy atom. The van der Waals surface area contributed by atoms with E-state index in [1.165, 1.54) is 5.56 Å². The highest BCUT2D eigenvalue weighted by Crippen LogP contribution is 2.05. The van der Waals surface area contributed by atoms with Gasteiger partial charge in [-0.3, -0.25) is 4.98 Å². The van der Waals surface area contributed by atoms with E-state index in [0.717, 1.165) is 44.8 Å². The lowest BCUT2D eigenvalue weighted by Crippen LogP contribution is -2.44. The van der Waals surface area contributed by atoms with E-state index in [0.29, 0.717) is 6.61 Å². The van der Waals surface area contributed by atoms with E-state index < -0.39 is 0 Å². The average molecular weight is 235 g/mol. The van der Waals surface area contributed by atoms with Crippen LogP contribution in [0.4, 0.5) is 0 Å². The minimum absolute atomic E-state index is 0.599. The summed E-state index contributed by atoms with van der Waals surface area (Å²) in [6.45, 7) is 6.29. The number of piperazine rings is 1. The number of hydrogen-bond donors (Lipinski definition) is 1. The number of methoxy groups -OCH3 is 1. The third kappa shape index (κ3) is 4.07. The van der Waals surface area contributed by atoms with E-state index in [2.05, 4.69) is 27.3 Å². The molecule has 0 unspecified atom stereocenters. The molecule has 0 amide bonds. The van der Waals surface area contributed by atoms with E-state index in [-0.39, 0.29) is 0 Å². The molecule has 2 heterocycles. The lowest BCUT2D eigenvalue weighted by molar-refractivity contribution is 0.181. The number of hydrogen-bond acceptors (Lipinski definition) is 4.